The van der Waals surface area contributed by atoms with E-state index in [1.165, 1.54) is 5.56 Å². The highest BCUT2D eigenvalue weighted by Gasteiger charge is 2.40. The molecule has 6 heteroatoms. The molecule has 2 fully saturated rings. The van der Waals surface area contributed by atoms with Gasteiger partial charge in [-0.15, -0.1) is 0 Å². The van der Waals surface area contributed by atoms with Crippen LogP contribution in [0.2, 0.25) is 0 Å². The summed E-state index contributed by atoms with van der Waals surface area (Å²) in [5.74, 6) is 1.40. The van der Waals surface area contributed by atoms with Crippen LogP contribution in [-0.2, 0) is 16.0 Å². The maximum Gasteiger partial charge on any atom is 0.227 e. The first-order valence-electron chi connectivity index (χ1n) is 9.82. The van der Waals surface area contributed by atoms with Gasteiger partial charge in [0.2, 0.25) is 5.95 Å². The summed E-state index contributed by atoms with van der Waals surface area (Å²) in [6.45, 7) is 8.35. The van der Waals surface area contributed by atoms with Crippen molar-refractivity contribution in [2.75, 3.05) is 36.1 Å². The third kappa shape index (κ3) is 4.06. The van der Waals surface area contributed by atoms with Crippen LogP contribution in [0.25, 0.3) is 0 Å². The highest BCUT2D eigenvalue weighted by atomic mass is 16.7. The molecule has 0 N–H and O–H groups in total. The van der Waals surface area contributed by atoms with Crippen LogP contribution in [0.1, 0.15) is 32.3 Å². The molecule has 3 heterocycles. The third-order valence-corrected chi connectivity index (χ3v) is 5.37. The van der Waals surface area contributed by atoms with Gasteiger partial charge in [0.05, 0.1) is 13.2 Å². The molecule has 2 aliphatic rings. The Morgan fingerprint density at radius 2 is 1.78 bits per heavy atom. The molecule has 4 rings (SSSR count). The first-order chi connectivity index (χ1) is 13.2. The minimum atomic E-state index is -0.358. The minimum Gasteiger partial charge on any atom is -0.356 e. The number of hydrogen-bond acceptors (Lipinski definition) is 6. The molecule has 27 heavy (non-hydrogen) atoms. The summed E-state index contributed by atoms with van der Waals surface area (Å²) in [4.78, 5) is 14.0. The summed E-state index contributed by atoms with van der Waals surface area (Å²) < 4.78 is 11.7. The lowest BCUT2D eigenvalue weighted by Gasteiger charge is -2.38. The van der Waals surface area contributed by atoms with Crippen molar-refractivity contribution >= 4 is 11.8 Å². The fourth-order valence-electron chi connectivity index (χ4n) is 3.78. The van der Waals surface area contributed by atoms with Crippen molar-refractivity contribution in [2.45, 2.75) is 45.1 Å². The van der Waals surface area contributed by atoms with Crippen LogP contribution in [0.4, 0.5) is 11.8 Å². The fourth-order valence-corrected chi connectivity index (χ4v) is 3.78. The normalized spacial score (nSPS) is 19.0. The number of aromatic nitrogens is 2. The van der Waals surface area contributed by atoms with Crippen molar-refractivity contribution in [2.24, 2.45) is 0 Å². The summed E-state index contributed by atoms with van der Waals surface area (Å²) in [6, 6.07) is 12.8. The first kappa shape index (κ1) is 18.2. The standard InChI is InChI=1S/C21H28N4O2/c1-17(2)25(16-18-6-4-3-5-7-18)20-22-11-8-19(23-20)24-12-9-21(10-13-24)26-14-15-27-21/h3-8,11,17H,9-10,12-16H2,1-2H3. The van der Waals surface area contributed by atoms with Crippen LogP contribution in [0, 0.1) is 0 Å². The quantitative estimate of drug-likeness (QED) is 0.808. The average molecular weight is 368 g/mol. The molecular formula is C21H28N4O2. The molecule has 1 spiro atoms. The molecule has 1 aromatic heterocycles. The number of anilines is 2. The van der Waals surface area contributed by atoms with Crippen LogP contribution in [0.3, 0.4) is 0 Å². The first-order valence-corrected chi connectivity index (χ1v) is 9.82. The second-order valence-corrected chi connectivity index (χ2v) is 7.52. The maximum absolute atomic E-state index is 5.84. The lowest BCUT2D eigenvalue weighted by atomic mass is 10.0. The van der Waals surface area contributed by atoms with E-state index in [9.17, 15) is 0 Å². The molecular weight excluding hydrogens is 340 g/mol. The van der Waals surface area contributed by atoms with Gasteiger partial charge in [-0.1, -0.05) is 30.3 Å². The van der Waals surface area contributed by atoms with Crippen molar-refractivity contribution in [3.05, 3.63) is 48.2 Å². The molecule has 0 amide bonds. The van der Waals surface area contributed by atoms with Gasteiger partial charge in [0.15, 0.2) is 5.79 Å². The van der Waals surface area contributed by atoms with Gasteiger partial charge in [0, 0.05) is 44.7 Å². The highest BCUT2D eigenvalue weighted by Crippen LogP contribution is 2.33. The van der Waals surface area contributed by atoms with Crippen LogP contribution >= 0.6 is 0 Å². The van der Waals surface area contributed by atoms with E-state index in [-0.39, 0.29) is 5.79 Å². The Balaban J connectivity index is 1.49. The zero-order valence-corrected chi connectivity index (χ0v) is 16.2. The summed E-state index contributed by atoms with van der Waals surface area (Å²) in [5, 5.41) is 0. The van der Waals surface area contributed by atoms with E-state index in [0.717, 1.165) is 44.2 Å². The topological polar surface area (TPSA) is 50.7 Å². The van der Waals surface area contributed by atoms with E-state index in [0.29, 0.717) is 19.3 Å². The van der Waals surface area contributed by atoms with Crippen LogP contribution in [0.5, 0.6) is 0 Å². The molecule has 6 nitrogen and oxygen atoms in total. The van der Waals surface area contributed by atoms with Crippen molar-refractivity contribution < 1.29 is 9.47 Å². The van der Waals surface area contributed by atoms with Crippen LogP contribution < -0.4 is 9.80 Å². The van der Waals surface area contributed by atoms with E-state index < -0.39 is 0 Å². The minimum absolute atomic E-state index is 0.311. The zero-order chi connectivity index (χ0) is 18.7. The molecule has 0 bridgehead atoms. The number of piperidine rings is 1. The Bertz CT molecular complexity index is 737. The monoisotopic (exact) mass is 368 g/mol. The van der Waals surface area contributed by atoms with Crippen molar-refractivity contribution in [3.63, 3.8) is 0 Å². The summed E-state index contributed by atoms with van der Waals surface area (Å²) in [6.07, 6.45) is 3.62. The van der Waals surface area contributed by atoms with Gasteiger partial charge in [-0.05, 0) is 25.5 Å². The summed E-state index contributed by atoms with van der Waals surface area (Å²) >= 11 is 0. The Labute approximate surface area is 161 Å². The molecule has 2 aliphatic heterocycles. The Morgan fingerprint density at radius 1 is 1.07 bits per heavy atom. The molecule has 0 atom stereocenters. The Kier molecular flexibility index (Phi) is 5.27. The number of ether oxygens (including phenoxy) is 2. The van der Waals surface area contributed by atoms with Crippen molar-refractivity contribution in [1.29, 1.82) is 0 Å². The number of nitrogens with zero attached hydrogens (tertiary/aromatic N) is 4. The Hall–Kier alpha value is -2.18. The van der Waals surface area contributed by atoms with Gasteiger partial charge < -0.3 is 19.3 Å². The van der Waals surface area contributed by atoms with Crippen molar-refractivity contribution in [3.8, 4) is 0 Å². The predicted molar refractivity (Wildman–Crippen MR) is 106 cm³/mol. The number of rotatable bonds is 5. The SMILES string of the molecule is CC(C)N(Cc1ccccc1)c1nccc(N2CCC3(CC2)OCCO3)n1. The summed E-state index contributed by atoms with van der Waals surface area (Å²) in [7, 11) is 0. The van der Waals surface area contributed by atoms with Gasteiger partial charge in [0.25, 0.3) is 0 Å². The lowest BCUT2D eigenvalue weighted by Crippen LogP contribution is -2.45. The molecule has 2 aromatic rings. The lowest BCUT2D eigenvalue weighted by molar-refractivity contribution is -0.169. The van der Waals surface area contributed by atoms with Gasteiger partial charge in [-0.2, -0.15) is 4.98 Å². The van der Waals surface area contributed by atoms with Gasteiger partial charge in [0.1, 0.15) is 5.82 Å². The van der Waals surface area contributed by atoms with E-state index >= 15 is 0 Å². The van der Waals surface area contributed by atoms with Crippen molar-refractivity contribution in [1.82, 2.24) is 9.97 Å². The molecule has 144 valence electrons. The van der Waals surface area contributed by atoms with Gasteiger partial charge in [-0.25, -0.2) is 4.98 Å². The Morgan fingerprint density at radius 3 is 2.44 bits per heavy atom. The van der Waals surface area contributed by atoms with E-state index in [1.807, 2.05) is 18.3 Å². The second kappa shape index (κ2) is 7.82. The number of benzene rings is 1. The fraction of sp³-hybridized carbons (Fsp3) is 0.524. The zero-order valence-electron chi connectivity index (χ0n) is 16.2. The molecule has 0 radical (unpaired) electrons. The van der Waals surface area contributed by atoms with E-state index in [1.54, 1.807) is 0 Å². The third-order valence-electron chi connectivity index (χ3n) is 5.37. The van der Waals surface area contributed by atoms with Crippen LogP contribution in [0.15, 0.2) is 42.6 Å². The largest absolute Gasteiger partial charge is 0.356 e. The summed E-state index contributed by atoms with van der Waals surface area (Å²) in [5.41, 5.74) is 1.26. The van der Waals surface area contributed by atoms with E-state index in [2.05, 4.69) is 52.9 Å². The molecule has 0 aliphatic carbocycles. The molecule has 2 saturated heterocycles. The van der Waals surface area contributed by atoms with Crippen LogP contribution in [-0.4, -0.2) is 48.1 Å². The second-order valence-electron chi connectivity index (χ2n) is 7.52. The molecule has 1 aromatic carbocycles. The smallest absolute Gasteiger partial charge is 0.227 e. The van der Waals surface area contributed by atoms with Gasteiger partial charge >= 0.3 is 0 Å². The maximum atomic E-state index is 5.84. The molecule has 0 unspecified atom stereocenters. The van der Waals surface area contributed by atoms with Gasteiger partial charge in [-0.3, -0.25) is 0 Å². The predicted octanol–water partition coefficient (Wildman–Crippen LogP) is 3.23. The average Bonchev–Trinajstić information content (AvgIpc) is 3.15. The molecule has 0 saturated carbocycles. The van der Waals surface area contributed by atoms with E-state index in [4.69, 9.17) is 14.5 Å². The highest BCUT2D eigenvalue weighted by molar-refractivity contribution is 5.45. The number of hydrogen-bond donors (Lipinski definition) is 0.